The zero-order chi connectivity index (χ0) is 21.3. The van der Waals surface area contributed by atoms with E-state index >= 15 is 0 Å². The summed E-state index contributed by atoms with van der Waals surface area (Å²) in [6.07, 6.45) is -4.88. The lowest BCUT2D eigenvalue weighted by Crippen LogP contribution is -2.20. The van der Waals surface area contributed by atoms with E-state index in [4.69, 9.17) is 0 Å². The molecule has 0 aliphatic rings. The van der Waals surface area contributed by atoms with E-state index in [1.165, 1.54) is 7.05 Å². The molecule has 0 fully saturated rings. The van der Waals surface area contributed by atoms with E-state index in [-0.39, 0.29) is 11.4 Å². The van der Waals surface area contributed by atoms with Gasteiger partial charge in [-0.25, -0.2) is 8.78 Å². The summed E-state index contributed by atoms with van der Waals surface area (Å²) >= 11 is 4.18. The molecule has 0 aliphatic carbocycles. The van der Waals surface area contributed by atoms with Gasteiger partial charge < -0.3 is 0 Å². The standard InChI is InChI=1S/C18H11BrF5N3OS/c1-26-17(29-12-5-2-10(19)3-6-12)15(16(25-26)18(22,23)24)27(9-28)14-7-4-11(20)8-13(14)21/h2-9H,1H3. The molecule has 3 rings (SSSR count). The molecule has 11 heteroatoms. The van der Waals surface area contributed by atoms with Gasteiger partial charge >= 0.3 is 6.18 Å². The number of hydrogen-bond acceptors (Lipinski definition) is 3. The highest BCUT2D eigenvalue weighted by molar-refractivity contribution is 9.10. The van der Waals surface area contributed by atoms with Crippen molar-refractivity contribution in [3.8, 4) is 0 Å². The lowest BCUT2D eigenvalue weighted by atomic mass is 10.2. The van der Waals surface area contributed by atoms with E-state index < -0.39 is 34.9 Å². The highest BCUT2D eigenvalue weighted by atomic mass is 79.9. The summed E-state index contributed by atoms with van der Waals surface area (Å²) < 4.78 is 70.1. The molecule has 1 heterocycles. The molecule has 0 aliphatic heterocycles. The number of amides is 1. The molecule has 0 saturated heterocycles. The second-order valence-corrected chi connectivity index (χ2v) is 7.73. The summed E-state index contributed by atoms with van der Waals surface area (Å²) in [6, 6.07) is 8.92. The van der Waals surface area contributed by atoms with Crippen molar-refractivity contribution in [2.75, 3.05) is 4.90 Å². The molecule has 1 aromatic heterocycles. The van der Waals surface area contributed by atoms with Crippen molar-refractivity contribution in [1.82, 2.24) is 9.78 Å². The summed E-state index contributed by atoms with van der Waals surface area (Å²) in [4.78, 5) is 12.8. The average Bonchev–Trinajstić information content (AvgIpc) is 2.96. The number of nitrogens with zero attached hydrogens (tertiary/aromatic N) is 3. The Labute approximate surface area is 174 Å². The molecule has 29 heavy (non-hydrogen) atoms. The van der Waals surface area contributed by atoms with Gasteiger partial charge in [0.2, 0.25) is 6.41 Å². The van der Waals surface area contributed by atoms with Crippen LogP contribution >= 0.6 is 27.7 Å². The third-order valence-corrected chi connectivity index (χ3v) is 5.47. The van der Waals surface area contributed by atoms with Crippen molar-refractivity contribution in [1.29, 1.82) is 0 Å². The second kappa shape index (κ2) is 8.15. The number of carbonyl (C=O) groups is 1. The Bertz CT molecular complexity index is 1050. The second-order valence-electron chi connectivity index (χ2n) is 5.75. The van der Waals surface area contributed by atoms with Crippen LogP contribution in [-0.4, -0.2) is 16.2 Å². The van der Waals surface area contributed by atoms with Crippen molar-refractivity contribution < 1.29 is 26.7 Å². The Balaban J connectivity index is 2.20. The topological polar surface area (TPSA) is 38.1 Å². The lowest BCUT2D eigenvalue weighted by Gasteiger charge is -2.20. The fourth-order valence-electron chi connectivity index (χ4n) is 2.54. The van der Waals surface area contributed by atoms with Crippen LogP contribution < -0.4 is 4.90 Å². The maximum absolute atomic E-state index is 14.3. The van der Waals surface area contributed by atoms with Crippen molar-refractivity contribution in [2.45, 2.75) is 16.1 Å². The number of benzene rings is 2. The maximum Gasteiger partial charge on any atom is 0.437 e. The predicted molar refractivity (Wildman–Crippen MR) is 101 cm³/mol. The van der Waals surface area contributed by atoms with Gasteiger partial charge in [0, 0.05) is 22.5 Å². The minimum Gasteiger partial charge on any atom is -0.278 e. The van der Waals surface area contributed by atoms with Crippen LogP contribution in [0, 0.1) is 11.6 Å². The van der Waals surface area contributed by atoms with Gasteiger partial charge in [-0.2, -0.15) is 18.3 Å². The molecule has 0 N–H and O–H groups in total. The van der Waals surface area contributed by atoms with Crippen molar-refractivity contribution in [3.05, 3.63) is 64.3 Å². The fourth-order valence-corrected chi connectivity index (χ4v) is 3.77. The van der Waals surface area contributed by atoms with Crippen LogP contribution in [0.25, 0.3) is 0 Å². The van der Waals surface area contributed by atoms with Gasteiger partial charge in [0.15, 0.2) is 5.69 Å². The number of rotatable bonds is 5. The fraction of sp³-hybridized carbons (Fsp3) is 0.111. The van der Waals surface area contributed by atoms with Crippen LogP contribution in [-0.2, 0) is 18.0 Å². The zero-order valence-electron chi connectivity index (χ0n) is 14.5. The Kier molecular flexibility index (Phi) is 5.99. The highest BCUT2D eigenvalue weighted by Crippen LogP contribution is 2.45. The Morgan fingerprint density at radius 1 is 1.14 bits per heavy atom. The molecule has 3 aromatic rings. The van der Waals surface area contributed by atoms with Crippen molar-refractivity contribution in [3.63, 3.8) is 0 Å². The van der Waals surface area contributed by atoms with Gasteiger partial charge in [0.05, 0.1) is 5.69 Å². The number of hydrogen-bond donors (Lipinski definition) is 0. The molecule has 1 amide bonds. The Morgan fingerprint density at radius 3 is 2.34 bits per heavy atom. The van der Waals surface area contributed by atoms with Gasteiger partial charge in [-0.3, -0.25) is 14.4 Å². The van der Waals surface area contributed by atoms with Crippen LogP contribution in [0.3, 0.4) is 0 Å². The summed E-state index contributed by atoms with van der Waals surface area (Å²) in [5.74, 6) is -2.11. The number of halogens is 6. The minimum absolute atomic E-state index is 0.0359. The first kappa shape index (κ1) is 21.3. The first-order valence-corrected chi connectivity index (χ1v) is 9.50. The molecule has 0 unspecified atom stereocenters. The van der Waals surface area contributed by atoms with Gasteiger partial charge in [0.1, 0.15) is 22.3 Å². The summed E-state index contributed by atoms with van der Waals surface area (Å²) in [7, 11) is 1.28. The number of carbonyl (C=O) groups excluding carboxylic acids is 1. The molecule has 0 saturated carbocycles. The van der Waals surface area contributed by atoms with E-state index in [0.29, 0.717) is 15.9 Å². The number of aryl methyl sites for hydroxylation is 1. The lowest BCUT2D eigenvalue weighted by molar-refractivity contribution is -0.140. The van der Waals surface area contributed by atoms with E-state index in [9.17, 15) is 26.7 Å². The maximum atomic E-state index is 14.3. The van der Waals surface area contributed by atoms with E-state index in [1.54, 1.807) is 24.3 Å². The van der Waals surface area contributed by atoms with Crippen LogP contribution in [0.4, 0.5) is 33.3 Å². The third kappa shape index (κ3) is 4.45. The Hall–Kier alpha value is -2.40. The largest absolute Gasteiger partial charge is 0.437 e. The van der Waals surface area contributed by atoms with E-state index in [1.807, 2.05) is 0 Å². The zero-order valence-corrected chi connectivity index (χ0v) is 16.9. The minimum atomic E-state index is -4.91. The highest BCUT2D eigenvalue weighted by Gasteiger charge is 2.41. The van der Waals surface area contributed by atoms with Gasteiger partial charge in [-0.15, -0.1) is 0 Å². The van der Waals surface area contributed by atoms with E-state index in [0.717, 1.165) is 33.0 Å². The monoisotopic (exact) mass is 491 g/mol. The molecule has 4 nitrogen and oxygen atoms in total. The first-order chi connectivity index (χ1) is 13.6. The predicted octanol–water partition coefficient (Wildman–Crippen LogP) is 5.93. The smallest absolute Gasteiger partial charge is 0.278 e. The SMILES string of the molecule is Cn1nc(C(F)(F)F)c(N(C=O)c2ccc(F)cc2F)c1Sc1ccc(Br)cc1. The molecular formula is C18H11BrF5N3OS. The van der Waals surface area contributed by atoms with Crippen LogP contribution in [0.1, 0.15) is 5.69 Å². The van der Waals surface area contributed by atoms with Crippen molar-refractivity contribution in [2.24, 2.45) is 7.05 Å². The number of anilines is 2. The molecule has 0 atom stereocenters. The number of alkyl halides is 3. The molecule has 152 valence electrons. The molecule has 0 radical (unpaired) electrons. The molecule has 0 spiro atoms. The average molecular weight is 492 g/mol. The third-order valence-electron chi connectivity index (χ3n) is 3.78. The van der Waals surface area contributed by atoms with Crippen LogP contribution in [0.15, 0.2) is 56.9 Å². The van der Waals surface area contributed by atoms with E-state index in [2.05, 4.69) is 21.0 Å². The Morgan fingerprint density at radius 2 is 1.79 bits per heavy atom. The summed E-state index contributed by atoms with van der Waals surface area (Å²) in [5.41, 5.74) is -2.54. The molecular weight excluding hydrogens is 481 g/mol. The molecule has 0 bridgehead atoms. The summed E-state index contributed by atoms with van der Waals surface area (Å²) in [6.45, 7) is 0. The van der Waals surface area contributed by atoms with Crippen LogP contribution in [0.5, 0.6) is 0 Å². The quantitative estimate of drug-likeness (QED) is 0.328. The van der Waals surface area contributed by atoms with Gasteiger partial charge in [-0.1, -0.05) is 27.7 Å². The number of aromatic nitrogens is 2. The van der Waals surface area contributed by atoms with Crippen molar-refractivity contribution >= 4 is 45.5 Å². The summed E-state index contributed by atoms with van der Waals surface area (Å²) in [5, 5.41) is 3.46. The van der Waals surface area contributed by atoms with Gasteiger partial charge in [0.25, 0.3) is 0 Å². The van der Waals surface area contributed by atoms with Gasteiger partial charge in [-0.05, 0) is 36.4 Å². The first-order valence-electron chi connectivity index (χ1n) is 7.89. The molecule has 2 aromatic carbocycles. The normalized spacial score (nSPS) is 11.6. The van der Waals surface area contributed by atoms with Crippen LogP contribution in [0.2, 0.25) is 0 Å².